The number of rotatable bonds is 2. The zero-order valence-electron chi connectivity index (χ0n) is 11.0. The smallest absolute Gasteiger partial charge is 0.323 e. The Balaban J connectivity index is 2.05. The van der Waals surface area contributed by atoms with Gasteiger partial charge in [-0.15, -0.1) is 0 Å². The van der Waals surface area contributed by atoms with Crippen LogP contribution in [0.5, 0.6) is 0 Å². The summed E-state index contributed by atoms with van der Waals surface area (Å²) in [6, 6.07) is 0.513. The molecule has 1 saturated carbocycles. The number of likely N-dealkylation sites (tertiary alicyclic amines) is 1. The van der Waals surface area contributed by atoms with Crippen LogP contribution in [0.4, 0.5) is 0 Å². The summed E-state index contributed by atoms with van der Waals surface area (Å²) in [6.45, 7) is 2.90. The van der Waals surface area contributed by atoms with Crippen LogP contribution in [0.2, 0.25) is 0 Å². The summed E-state index contributed by atoms with van der Waals surface area (Å²) in [6.07, 6.45) is 10.8. The Morgan fingerprint density at radius 3 is 2.29 bits per heavy atom. The molecule has 1 heterocycles. The van der Waals surface area contributed by atoms with E-state index < -0.39 is 11.5 Å². The first-order valence-electron chi connectivity index (χ1n) is 7.15. The third kappa shape index (κ3) is 2.65. The van der Waals surface area contributed by atoms with Gasteiger partial charge in [-0.1, -0.05) is 32.1 Å². The van der Waals surface area contributed by atoms with Crippen LogP contribution in [0, 0.1) is 0 Å². The number of hydrogen-bond donors (Lipinski definition) is 1. The molecule has 3 heteroatoms. The molecule has 0 aromatic carbocycles. The zero-order chi connectivity index (χ0) is 12.3. The maximum atomic E-state index is 11.5. The minimum absolute atomic E-state index is 0.513. The van der Waals surface area contributed by atoms with Crippen molar-refractivity contribution in [2.75, 3.05) is 6.54 Å². The van der Waals surface area contributed by atoms with Crippen LogP contribution in [-0.2, 0) is 4.79 Å². The molecule has 1 atom stereocenters. The summed E-state index contributed by atoms with van der Waals surface area (Å²) < 4.78 is 0. The summed E-state index contributed by atoms with van der Waals surface area (Å²) in [7, 11) is 0. The molecular formula is C14H25NO2. The van der Waals surface area contributed by atoms with Gasteiger partial charge >= 0.3 is 5.97 Å². The van der Waals surface area contributed by atoms with Crippen molar-refractivity contribution in [1.29, 1.82) is 0 Å². The van der Waals surface area contributed by atoms with Crippen molar-refractivity contribution in [3.8, 4) is 0 Å². The normalized spacial score (nSPS) is 33.2. The van der Waals surface area contributed by atoms with E-state index in [4.69, 9.17) is 0 Å². The maximum Gasteiger partial charge on any atom is 0.323 e. The van der Waals surface area contributed by atoms with Gasteiger partial charge in [0.15, 0.2) is 0 Å². The maximum absolute atomic E-state index is 11.5. The number of hydrogen-bond acceptors (Lipinski definition) is 2. The van der Waals surface area contributed by atoms with Crippen LogP contribution >= 0.6 is 0 Å². The van der Waals surface area contributed by atoms with Crippen molar-refractivity contribution < 1.29 is 9.90 Å². The lowest BCUT2D eigenvalue weighted by Gasteiger charge is -2.38. The Kier molecular flexibility index (Phi) is 4.08. The van der Waals surface area contributed by atoms with E-state index in [1.54, 1.807) is 0 Å². The molecule has 98 valence electrons. The molecule has 0 amide bonds. The van der Waals surface area contributed by atoms with Gasteiger partial charge in [0.25, 0.3) is 0 Å². The van der Waals surface area contributed by atoms with E-state index in [9.17, 15) is 9.90 Å². The van der Waals surface area contributed by atoms with E-state index in [0.717, 1.165) is 19.4 Å². The monoisotopic (exact) mass is 239 g/mol. The summed E-state index contributed by atoms with van der Waals surface area (Å²) in [4.78, 5) is 13.8. The summed E-state index contributed by atoms with van der Waals surface area (Å²) in [5, 5.41) is 9.46. The third-order valence-electron chi connectivity index (χ3n) is 4.67. The predicted octanol–water partition coefficient (Wildman–Crippen LogP) is 3.04. The molecule has 1 N–H and O–H groups in total. The molecule has 1 aliphatic heterocycles. The van der Waals surface area contributed by atoms with Crippen LogP contribution in [0.15, 0.2) is 0 Å². The quantitative estimate of drug-likeness (QED) is 0.805. The highest BCUT2D eigenvalue weighted by Crippen LogP contribution is 2.35. The van der Waals surface area contributed by atoms with E-state index in [1.165, 1.54) is 44.9 Å². The second-order valence-corrected chi connectivity index (χ2v) is 5.87. The molecule has 0 bridgehead atoms. The zero-order valence-corrected chi connectivity index (χ0v) is 11.0. The lowest BCUT2D eigenvalue weighted by atomic mass is 9.91. The molecule has 2 fully saturated rings. The van der Waals surface area contributed by atoms with Crippen molar-refractivity contribution >= 4 is 5.97 Å². The van der Waals surface area contributed by atoms with E-state index in [1.807, 2.05) is 6.92 Å². The van der Waals surface area contributed by atoms with Crippen LogP contribution < -0.4 is 0 Å². The number of carboxylic acid groups (broad SMARTS) is 1. The molecule has 1 saturated heterocycles. The highest BCUT2D eigenvalue weighted by molar-refractivity contribution is 5.78. The SMILES string of the molecule is CC1(C(=O)O)CCCN1C1CCCCCCC1. The van der Waals surface area contributed by atoms with Crippen LogP contribution in [0.25, 0.3) is 0 Å². The number of nitrogens with zero attached hydrogens (tertiary/aromatic N) is 1. The largest absolute Gasteiger partial charge is 0.480 e. The molecule has 1 unspecified atom stereocenters. The Hall–Kier alpha value is -0.570. The van der Waals surface area contributed by atoms with Gasteiger partial charge in [-0.25, -0.2) is 0 Å². The van der Waals surface area contributed by atoms with E-state index in [2.05, 4.69) is 4.90 Å². The Bertz CT molecular complexity index is 271. The number of aliphatic carboxylic acids is 1. The van der Waals surface area contributed by atoms with Gasteiger partial charge in [0, 0.05) is 6.04 Å². The second-order valence-electron chi connectivity index (χ2n) is 5.87. The molecule has 0 radical (unpaired) electrons. The van der Waals surface area contributed by atoms with Gasteiger partial charge in [-0.2, -0.15) is 0 Å². The van der Waals surface area contributed by atoms with Gasteiger partial charge in [-0.05, 0) is 39.2 Å². The van der Waals surface area contributed by atoms with E-state index >= 15 is 0 Å². The highest BCUT2D eigenvalue weighted by atomic mass is 16.4. The van der Waals surface area contributed by atoms with Gasteiger partial charge in [-0.3, -0.25) is 9.69 Å². The average Bonchev–Trinajstić information content (AvgIpc) is 2.62. The van der Waals surface area contributed by atoms with Crippen LogP contribution in [0.3, 0.4) is 0 Å². The van der Waals surface area contributed by atoms with Crippen molar-refractivity contribution in [3.63, 3.8) is 0 Å². The molecule has 2 aliphatic rings. The number of carboxylic acids is 1. The molecule has 0 aromatic heterocycles. The fourth-order valence-electron chi connectivity index (χ4n) is 3.55. The Labute approximate surface area is 104 Å². The fraction of sp³-hybridized carbons (Fsp3) is 0.929. The molecule has 2 rings (SSSR count). The van der Waals surface area contributed by atoms with Crippen molar-refractivity contribution in [3.05, 3.63) is 0 Å². The average molecular weight is 239 g/mol. The first-order chi connectivity index (χ1) is 8.14. The van der Waals surface area contributed by atoms with Crippen molar-refractivity contribution in [2.45, 2.75) is 76.3 Å². The third-order valence-corrected chi connectivity index (χ3v) is 4.67. The molecule has 17 heavy (non-hydrogen) atoms. The first kappa shape index (κ1) is 12.9. The van der Waals surface area contributed by atoms with Crippen LogP contribution in [-0.4, -0.2) is 34.1 Å². The Morgan fingerprint density at radius 1 is 1.12 bits per heavy atom. The van der Waals surface area contributed by atoms with Gasteiger partial charge in [0.2, 0.25) is 0 Å². The van der Waals surface area contributed by atoms with Gasteiger partial charge in [0.05, 0.1) is 0 Å². The van der Waals surface area contributed by atoms with Gasteiger partial charge in [0.1, 0.15) is 5.54 Å². The predicted molar refractivity (Wildman–Crippen MR) is 68.1 cm³/mol. The fourth-order valence-corrected chi connectivity index (χ4v) is 3.55. The molecule has 0 spiro atoms. The molecule has 3 nitrogen and oxygen atoms in total. The topological polar surface area (TPSA) is 40.5 Å². The lowest BCUT2D eigenvalue weighted by Crippen LogP contribution is -2.52. The minimum atomic E-state index is -0.628. The molecule has 1 aliphatic carbocycles. The van der Waals surface area contributed by atoms with Crippen molar-refractivity contribution in [2.24, 2.45) is 0 Å². The lowest BCUT2D eigenvalue weighted by molar-refractivity contribution is -0.150. The summed E-state index contributed by atoms with van der Waals surface area (Å²) >= 11 is 0. The van der Waals surface area contributed by atoms with E-state index in [-0.39, 0.29) is 0 Å². The molecule has 0 aromatic rings. The summed E-state index contributed by atoms with van der Waals surface area (Å²) in [5.41, 5.74) is -0.593. The van der Waals surface area contributed by atoms with Crippen molar-refractivity contribution in [1.82, 2.24) is 4.90 Å². The number of carbonyl (C=O) groups is 1. The summed E-state index contributed by atoms with van der Waals surface area (Å²) in [5.74, 6) is -0.628. The van der Waals surface area contributed by atoms with Gasteiger partial charge < -0.3 is 5.11 Å². The van der Waals surface area contributed by atoms with E-state index in [0.29, 0.717) is 6.04 Å². The second kappa shape index (κ2) is 5.38. The first-order valence-corrected chi connectivity index (χ1v) is 7.15. The Morgan fingerprint density at radius 2 is 1.71 bits per heavy atom. The minimum Gasteiger partial charge on any atom is -0.480 e. The highest BCUT2D eigenvalue weighted by Gasteiger charge is 2.45. The van der Waals surface area contributed by atoms with Crippen LogP contribution in [0.1, 0.15) is 64.7 Å². The standard InChI is InChI=1S/C14H25NO2/c1-14(13(16)17)10-7-11-15(14)12-8-5-3-2-4-6-9-12/h12H,2-11H2,1H3,(H,16,17). The molecular weight excluding hydrogens is 214 g/mol.